The lowest BCUT2D eigenvalue weighted by Gasteiger charge is -2.05. The van der Waals surface area contributed by atoms with E-state index in [9.17, 15) is 18.8 Å². The molecule has 0 unspecified atom stereocenters. The summed E-state index contributed by atoms with van der Waals surface area (Å²) in [6, 6.07) is 10.3. The zero-order valence-corrected chi connectivity index (χ0v) is 16.0. The molecule has 0 aliphatic rings. The van der Waals surface area contributed by atoms with Crippen LogP contribution in [-0.4, -0.2) is 13.5 Å². The minimum atomic E-state index is -3.95. The van der Waals surface area contributed by atoms with Crippen molar-refractivity contribution in [2.75, 3.05) is 0 Å². The molecule has 0 aromatic heterocycles. The Kier molecular flexibility index (Phi) is 5.53. The number of nitrogens with zero attached hydrogens (tertiary/aromatic N) is 1. The van der Waals surface area contributed by atoms with Crippen LogP contribution in [0.2, 0.25) is 5.02 Å². The third kappa shape index (κ3) is 3.96. The fourth-order valence-corrected chi connectivity index (χ4v) is 4.24. The average molecular weight is 478 g/mol. The summed E-state index contributed by atoms with van der Waals surface area (Å²) in [6.45, 7) is 0. The van der Waals surface area contributed by atoms with Crippen molar-refractivity contribution in [2.24, 2.45) is 0 Å². The number of rotatable bonds is 3. The number of allylic oxidation sites excluding steroid dienone is 1. The second-order valence-corrected chi connectivity index (χ2v) is 8.47. The number of sulfone groups is 1. The van der Waals surface area contributed by atoms with Gasteiger partial charge in [-0.2, -0.15) is 5.26 Å². The van der Waals surface area contributed by atoms with Gasteiger partial charge in [-0.1, -0.05) is 11.6 Å². The zero-order valence-electron chi connectivity index (χ0n) is 11.3. The van der Waals surface area contributed by atoms with Crippen LogP contribution in [0.25, 0.3) is 6.08 Å². The molecule has 0 atom stereocenters. The normalized spacial score (nSPS) is 12.0. The Morgan fingerprint density at radius 3 is 2.17 bits per heavy atom. The third-order valence-electron chi connectivity index (χ3n) is 2.86. The molecule has 4 nitrogen and oxygen atoms in total. The molecule has 0 amide bonds. The highest BCUT2D eigenvalue weighted by molar-refractivity contribution is 9.11. The lowest BCUT2D eigenvalue weighted by atomic mass is 10.2. The fourth-order valence-electron chi connectivity index (χ4n) is 1.73. The lowest BCUT2D eigenvalue weighted by Crippen LogP contribution is -2.03. The SMILES string of the molecule is N#C/C(=C\c1cc(Br)c(O)c(Br)c1)S(=O)(=O)c1ccc(Cl)cc1. The molecule has 2 aromatic carbocycles. The Balaban J connectivity index is 2.55. The Labute approximate surface area is 155 Å². The van der Waals surface area contributed by atoms with E-state index in [-0.39, 0.29) is 10.6 Å². The molecule has 8 heteroatoms. The Hall–Kier alpha value is -1.33. The maximum Gasteiger partial charge on any atom is 0.216 e. The van der Waals surface area contributed by atoms with Gasteiger partial charge in [0.2, 0.25) is 9.84 Å². The maximum absolute atomic E-state index is 12.5. The monoisotopic (exact) mass is 475 g/mol. The summed E-state index contributed by atoms with van der Waals surface area (Å²) in [6.07, 6.45) is 1.24. The van der Waals surface area contributed by atoms with E-state index in [1.807, 2.05) is 0 Å². The molecular formula is C15H8Br2ClNO3S. The Morgan fingerprint density at radius 2 is 1.70 bits per heavy atom. The van der Waals surface area contributed by atoms with Gasteiger partial charge in [0.25, 0.3) is 0 Å². The van der Waals surface area contributed by atoms with Crippen LogP contribution in [0, 0.1) is 11.3 Å². The summed E-state index contributed by atoms with van der Waals surface area (Å²) < 4.78 is 25.8. The zero-order chi connectivity index (χ0) is 17.2. The van der Waals surface area contributed by atoms with Gasteiger partial charge >= 0.3 is 0 Å². The predicted molar refractivity (Wildman–Crippen MR) is 95.7 cm³/mol. The van der Waals surface area contributed by atoms with Crippen LogP contribution in [0.5, 0.6) is 5.75 Å². The number of benzene rings is 2. The average Bonchev–Trinajstić information content (AvgIpc) is 2.50. The minimum absolute atomic E-state index is 0.0128. The molecule has 0 bridgehead atoms. The molecule has 0 aliphatic carbocycles. The van der Waals surface area contributed by atoms with Gasteiger partial charge in [0.1, 0.15) is 16.7 Å². The Bertz CT molecular complexity index is 909. The molecule has 23 heavy (non-hydrogen) atoms. The second-order valence-electron chi connectivity index (χ2n) is 4.41. The molecule has 2 aromatic rings. The first-order chi connectivity index (χ1) is 10.8. The van der Waals surface area contributed by atoms with E-state index in [0.717, 1.165) is 0 Å². The first kappa shape index (κ1) is 18.0. The predicted octanol–water partition coefficient (Wildman–Crippen LogP) is 4.91. The molecule has 0 fully saturated rings. The third-order valence-corrected chi connectivity index (χ3v) is 6.00. The van der Waals surface area contributed by atoms with Crippen molar-refractivity contribution in [3.63, 3.8) is 0 Å². The number of aromatic hydroxyl groups is 1. The van der Waals surface area contributed by atoms with Crippen LogP contribution < -0.4 is 0 Å². The molecule has 0 radical (unpaired) electrons. The van der Waals surface area contributed by atoms with Crippen LogP contribution >= 0.6 is 43.5 Å². The number of hydrogen-bond donors (Lipinski definition) is 1. The molecule has 0 saturated carbocycles. The highest BCUT2D eigenvalue weighted by Gasteiger charge is 2.21. The van der Waals surface area contributed by atoms with Gasteiger partial charge in [0.05, 0.1) is 13.8 Å². The first-order valence-electron chi connectivity index (χ1n) is 6.06. The summed E-state index contributed by atoms with van der Waals surface area (Å²) in [5.74, 6) is -0.0128. The molecular weight excluding hydrogens is 469 g/mol. The summed E-state index contributed by atoms with van der Waals surface area (Å²) in [7, 11) is -3.95. The van der Waals surface area contributed by atoms with E-state index in [1.165, 1.54) is 42.5 Å². The number of hydrogen-bond acceptors (Lipinski definition) is 4. The van der Waals surface area contributed by atoms with Crippen molar-refractivity contribution >= 4 is 59.4 Å². The number of phenols is 1. The molecule has 0 heterocycles. The number of phenolic OH excluding ortho intramolecular Hbond substituents is 1. The molecule has 0 spiro atoms. The standard InChI is InChI=1S/C15H8Br2ClNO3S/c16-13-6-9(7-14(17)15(13)20)5-12(8-19)23(21,22)11-3-1-10(18)2-4-11/h1-7,20H/b12-5+. The minimum Gasteiger partial charge on any atom is -0.506 e. The second kappa shape index (κ2) is 7.05. The topological polar surface area (TPSA) is 78.2 Å². The number of nitriles is 1. The van der Waals surface area contributed by atoms with Crippen LogP contribution in [-0.2, 0) is 9.84 Å². The summed E-state index contributed by atoms with van der Waals surface area (Å²) >= 11 is 12.1. The van der Waals surface area contributed by atoms with E-state index in [1.54, 1.807) is 6.07 Å². The van der Waals surface area contributed by atoms with Gasteiger partial charge in [-0.05, 0) is 79.9 Å². The van der Waals surface area contributed by atoms with Crippen molar-refractivity contribution in [2.45, 2.75) is 4.90 Å². The fraction of sp³-hybridized carbons (Fsp3) is 0. The number of halogens is 3. The summed E-state index contributed by atoms with van der Waals surface area (Å²) in [4.78, 5) is -0.434. The lowest BCUT2D eigenvalue weighted by molar-refractivity contribution is 0.468. The highest BCUT2D eigenvalue weighted by atomic mass is 79.9. The van der Waals surface area contributed by atoms with E-state index in [2.05, 4.69) is 31.9 Å². The van der Waals surface area contributed by atoms with Crippen LogP contribution in [0.1, 0.15) is 5.56 Å². The van der Waals surface area contributed by atoms with Gasteiger partial charge in [-0.3, -0.25) is 0 Å². The van der Waals surface area contributed by atoms with Crippen LogP contribution in [0.4, 0.5) is 0 Å². The first-order valence-corrected chi connectivity index (χ1v) is 9.51. The van der Waals surface area contributed by atoms with E-state index in [4.69, 9.17) is 11.6 Å². The largest absolute Gasteiger partial charge is 0.506 e. The van der Waals surface area contributed by atoms with Crippen molar-refractivity contribution in [3.8, 4) is 11.8 Å². The van der Waals surface area contributed by atoms with Crippen molar-refractivity contribution in [1.82, 2.24) is 0 Å². The van der Waals surface area contributed by atoms with Crippen molar-refractivity contribution in [1.29, 1.82) is 5.26 Å². The molecule has 118 valence electrons. The summed E-state index contributed by atoms with van der Waals surface area (Å²) in [5.41, 5.74) is 0.440. The van der Waals surface area contributed by atoms with Crippen LogP contribution in [0.3, 0.4) is 0 Å². The quantitative estimate of drug-likeness (QED) is 0.638. The molecule has 1 N–H and O–H groups in total. The summed E-state index contributed by atoms with van der Waals surface area (Å²) in [5, 5.41) is 19.3. The molecule has 2 rings (SSSR count). The Morgan fingerprint density at radius 1 is 1.17 bits per heavy atom. The van der Waals surface area contributed by atoms with Gasteiger partial charge in [0, 0.05) is 5.02 Å². The van der Waals surface area contributed by atoms with Crippen molar-refractivity contribution < 1.29 is 13.5 Å². The van der Waals surface area contributed by atoms with Gasteiger partial charge in [0.15, 0.2) is 0 Å². The smallest absolute Gasteiger partial charge is 0.216 e. The molecule has 0 saturated heterocycles. The van der Waals surface area contributed by atoms with E-state index < -0.39 is 14.7 Å². The molecule has 0 aliphatic heterocycles. The van der Waals surface area contributed by atoms with Crippen LogP contribution in [0.15, 0.2) is 55.1 Å². The van der Waals surface area contributed by atoms with Crippen molar-refractivity contribution in [3.05, 3.63) is 60.8 Å². The van der Waals surface area contributed by atoms with E-state index in [0.29, 0.717) is 19.5 Å². The van der Waals surface area contributed by atoms with Gasteiger partial charge in [-0.25, -0.2) is 8.42 Å². The van der Waals surface area contributed by atoms with Gasteiger partial charge < -0.3 is 5.11 Å². The maximum atomic E-state index is 12.5. The highest BCUT2D eigenvalue weighted by Crippen LogP contribution is 2.34. The van der Waals surface area contributed by atoms with Gasteiger partial charge in [-0.15, -0.1) is 0 Å². The van der Waals surface area contributed by atoms with E-state index >= 15 is 0 Å².